The molecule has 2 fully saturated rings. The number of carbonyl (C=O) groups excluding carboxylic acids is 3. The number of benzene rings is 2. The first-order valence-corrected chi connectivity index (χ1v) is 12.1. The Hall–Kier alpha value is -3.23. The van der Waals surface area contributed by atoms with Crippen LogP contribution in [0.5, 0.6) is 0 Å². The zero-order valence-electron chi connectivity index (χ0n) is 20.1. The van der Waals surface area contributed by atoms with E-state index >= 15 is 0 Å². The smallest absolute Gasteiger partial charge is 0.337 e. The molecule has 35 heavy (non-hydrogen) atoms. The number of amides is 1. The average molecular weight is 481 g/mol. The number of likely N-dealkylation sites (tertiary alicyclic amines) is 1. The summed E-state index contributed by atoms with van der Waals surface area (Å²) in [5, 5.41) is 1.77. The lowest BCUT2D eigenvalue weighted by atomic mass is 9.83. The van der Waals surface area contributed by atoms with Gasteiger partial charge in [0.1, 0.15) is 13.2 Å². The third-order valence-corrected chi connectivity index (χ3v) is 6.74. The van der Waals surface area contributed by atoms with E-state index in [1.165, 1.54) is 0 Å². The number of ether oxygens (including phenoxy) is 2. The summed E-state index contributed by atoms with van der Waals surface area (Å²) in [6.07, 6.45) is 1.17. The first-order valence-electron chi connectivity index (χ1n) is 12.1. The molecule has 2 heterocycles. The second-order valence-corrected chi connectivity index (χ2v) is 9.12. The van der Waals surface area contributed by atoms with Crippen molar-refractivity contribution >= 4 is 17.8 Å². The third-order valence-electron chi connectivity index (χ3n) is 6.74. The van der Waals surface area contributed by atoms with Crippen molar-refractivity contribution in [3.05, 3.63) is 71.8 Å². The second kappa shape index (κ2) is 11.5. The van der Waals surface area contributed by atoms with Gasteiger partial charge in [0.15, 0.2) is 6.10 Å². The van der Waals surface area contributed by atoms with E-state index < -0.39 is 17.6 Å². The van der Waals surface area contributed by atoms with Gasteiger partial charge in [-0.3, -0.25) is 14.4 Å². The molecule has 0 N–H and O–H groups in total. The van der Waals surface area contributed by atoms with Gasteiger partial charge in [-0.15, -0.1) is 0 Å². The van der Waals surface area contributed by atoms with E-state index in [0.29, 0.717) is 38.9 Å². The Labute approximate surface area is 205 Å². The van der Waals surface area contributed by atoms with Crippen molar-refractivity contribution < 1.29 is 28.7 Å². The van der Waals surface area contributed by atoms with Crippen LogP contribution in [0.25, 0.3) is 0 Å². The summed E-state index contributed by atoms with van der Waals surface area (Å²) in [6.45, 7) is 3.42. The number of nitrogens with zero attached hydrogens (tertiary/aromatic N) is 2. The minimum Gasteiger partial charge on any atom is -0.461 e. The third kappa shape index (κ3) is 6.46. The van der Waals surface area contributed by atoms with Crippen molar-refractivity contribution in [1.82, 2.24) is 9.96 Å². The van der Waals surface area contributed by atoms with Gasteiger partial charge in [-0.2, -0.15) is 5.06 Å². The largest absolute Gasteiger partial charge is 0.461 e. The SMILES string of the molecule is CC(=O)N1CCC2(CC1)CC(C(=O)OCc1ccccc1)ON2CCC(=O)OCc1ccccc1. The maximum Gasteiger partial charge on any atom is 0.337 e. The minimum absolute atomic E-state index is 0.0358. The Morgan fingerprint density at radius 3 is 2.06 bits per heavy atom. The summed E-state index contributed by atoms with van der Waals surface area (Å²) in [6, 6.07) is 19.0. The molecular formula is C27H32N2O6. The molecule has 2 aliphatic rings. The Morgan fingerprint density at radius 1 is 0.914 bits per heavy atom. The van der Waals surface area contributed by atoms with Crippen molar-refractivity contribution in [2.24, 2.45) is 0 Å². The summed E-state index contributed by atoms with van der Waals surface area (Å²) in [5.74, 6) is -0.714. The standard InChI is InChI=1S/C27H32N2O6/c1-21(30)28-16-13-27(14-17-28)18-24(26(32)34-20-23-10-6-3-7-11-23)35-29(27)15-12-25(31)33-19-22-8-4-2-5-9-22/h2-11,24H,12-20H2,1H3. The van der Waals surface area contributed by atoms with Gasteiger partial charge in [0.25, 0.3) is 0 Å². The maximum atomic E-state index is 12.8. The summed E-state index contributed by atoms with van der Waals surface area (Å²) >= 11 is 0. The van der Waals surface area contributed by atoms with Crippen molar-refractivity contribution in [3.8, 4) is 0 Å². The van der Waals surface area contributed by atoms with Gasteiger partial charge < -0.3 is 14.4 Å². The fraction of sp³-hybridized carbons (Fsp3) is 0.444. The van der Waals surface area contributed by atoms with Crippen LogP contribution in [0.15, 0.2) is 60.7 Å². The number of esters is 2. The molecule has 8 heteroatoms. The first-order chi connectivity index (χ1) is 16.9. The molecule has 0 aromatic heterocycles. The summed E-state index contributed by atoms with van der Waals surface area (Å²) in [7, 11) is 0. The number of hydroxylamine groups is 2. The maximum absolute atomic E-state index is 12.8. The Bertz CT molecular complexity index is 1000. The molecule has 0 aliphatic carbocycles. The predicted molar refractivity (Wildman–Crippen MR) is 128 cm³/mol. The number of hydrogen-bond acceptors (Lipinski definition) is 7. The van der Waals surface area contributed by atoms with Gasteiger partial charge in [-0.1, -0.05) is 60.7 Å². The monoisotopic (exact) mass is 480 g/mol. The van der Waals surface area contributed by atoms with E-state index in [1.807, 2.05) is 60.7 Å². The minimum atomic E-state index is -0.747. The molecule has 8 nitrogen and oxygen atoms in total. The van der Waals surface area contributed by atoms with E-state index in [1.54, 1.807) is 16.9 Å². The van der Waals surface area contributed by atoms with Crippen molar-refractivity contribution in [3.63, 3.8) is 0 Å². The van der Waals surface area contributed by atoms with Crippen LogP contribution in [0.3, 0.4) is 0 Å². The van der Waals surface area contributed by atoms with E-state index in [-0.39, 0.29) is 31.5 Å². The fourth-order valence-corrected chi connectivity index (χ4v) is 4.68. The van der Waals surface area contributed by atoms with Gasteiger partial charge in [-0.05, 0) is 24.0 Å². The summed E-state index contributed by atoms with van der Waals surface area (Å²) < 4.78 is 10.9. The normalized spacial score (nSPS) is 19.5. The van der Waals surface area contributed by atoms with Crippen LogP contribution >= 0.6 is 0 Å². The van der Waals surface area contributed by atoms with E-state index in [9.17, 15) is 14.4 Å². The molecule has 2 aromatic rings. The molecule has 1 unspecified atom stereocenters. The quantitative estimate of drug-likeness (QED) is 0.536. The molecular weight excluding hydrogens is 448 g/mol. The van der Waals surface area contributed by atoms with Gasteiger partial charge >= 0.3 is 11.9 Å². The van der Waals surface area contributed by atoms with Crippen LogP contribution in [-0.4, -0.2) is 59.1 Å². The summed E-state index contributed by atoms with van der Waals surface area (Å²) in [4.78, 5) is 44.9. The topological polar surface area (TPSA) is 85.4 Å². The molecule has 4 rings (SSSR count). The van der Waals surface area contributed by atoms with Crippen LogP contribution in [0.1, 0.15) is 43.7 Å². The van der Waals surface area contributed by atoms with E-state index in [2.05, 4.69) is 0 Å². The van der Waals surface area contributed by atoms with Crippen LogP contribution in [0.2, 0.25) is 0 Å². The Kier molecular flexibility index (Phi) is 8.15. The van der Waals surface area contributed by atoms with Crippen LogP contribution in [0.4, 0.5) is 0 Å². The molecule has 1 spiro atoms. The molecule has 186 valence electrons. The highest BCUT2D eigenvalue weighted by molar-refractivity contribution is 5.75. The van der Waals surface area contributed by atoms with Crippen molar-refractivity contribution in [2.45, 2.75) is 57.5 Å². The number of rotatable bonds is 8. The van der Waals surface area contributed by atoms with Crippen LogP contribution < -0.4 is 0 Å². The number of carbonyl (C=O) groups is 3. The van der Waals surface area contributed by atoms with E-state index in [0.717, 1.165) is 11.1 Å². The average Bonchev–Trinajstić information content (AvgIpc) is 3.24. The lowest BCUT2D eigenvalue weighted by molar-refractivity contribution is -0.209. The van der Waals surface area contributed by atoms with Gasteiger partial charge in [0.05, 0.1) is 12.0 Å². The highest BCUT2D eigenvalue weighted by Crippen LogP contribution is 2.40. The van der Waals surface area contributed by atoms with Crippen molar-refractivity contribution in [2.75, 3.05) is 19.6 Å². The Morgan fingerprint density at radius 2 is 1.49 bits per heavy atom. The molecule has 1 amide bonds. The van der Waals surface area contributed by atoms with Crippen LogP contribution in [-0.2, 0) is 41.9 Å². The van der Waals surface area contributed by atoms with Crippen molar-refractivity contribution in [1.29, 1.82) is 0 Å². The lowest BCUT2D eigenvalue weighted by Crippen LogP contribution is -2.53. The number of hydrogen-bond donors (Lipinski definition) is 0. The predicted octanol–water partition coefficient (Wildman–Crippen LogP) is 3.25. The molecule has 0 bridgehead atoms. The molecule has 2 aliphatic heterocycles. The molecule has 1 atom stereocenters. The fourth-order valence-electron chi connectivity index (χ4n) is 4.68. The summed E-state index contributed by atoms with van der Waals surface area (Å²) in [5.41, 5.74) is 1.40. The molecule has 2 saturated heterocycles. The van der Waals surface area contributed by atoms with Gasteiger partial charge in [0, 0.05) is 33.0 Å². The Balaban J connectivity index is 1.35. The van der Waals surface area contributed by atoms with E-state index in [4.69, 9.17) is 14.3 Å². The molecule has 0 radical (unpaired) electrons. The zero-order chi connectivity index (χ0) is 24.7. The zero-order valence-corrected chi connectivity index (χ0v) is 20.1. The van der Waals surface area contributed by atoms with Gasteiger partial charge in [-0.25, -0.2) is 4.79 Å². The first kappa shape index (κ1) is 24.9. The molecule has 2 aromatic carbocycles. The number of piperidine rings is 1. The second-order valence-electron chi connectivity index (χ2n) is 9.12. The highest BCUT2D eigenvalue weighted by Gasteiger charge is 2.51. The van der Waals surface area contributed by atoms with Crippen LogP contribution in [0, 0.1) is 0 Å². The molecule has 0 saturated carbocycles. The highest BCUT2D eigenvalue weighted by atomic mass is 16.7. The lowest BCUT2D eigenvalue weighted by Gasteiger charge is -2.42. The van der Waals surface area contributed by atoms with Gasteiger partial charge in [0.2, 0.25) is 5.91 Å².